The van der Waals surface area contributed by atoms with Gasteiger partial charge in [0, 0.05) is 48.5 Å². The Kier molecular flexibility index (Phi) is 4.87. The van der Waals surface area contributed by atoms with Crippen molar-refractivity contribution in [2.45, 2.75) is 38.1 Å². The fourth-order valence-electron chi connectivity index (χ4n) is 4.50. The van der Waals surface area contributed by atoms with Crippen molar-refractivity contribution in [3.63, 3.8) is 0 Å². The minimum atomic E-state index is 0.401. The van der Waals surface area contributed by atoms with Crippen LogP contribution in [0.5, 0.6) is 0 Å². The third kappa shape index (κ3) is 3.35. The van der Waals surface area contributed by atoms with Gasteiger partial charge in [-0.3, -0.25) is 4.90 Å². The topological polar surface area (TPSA) is 41.1 Å². The summed E-state index contributed by atoms with van der Waals surface area (Å²) in [4.78, 5) is 13.0. The van der Waals surface area contributed by atoms with Crippen molar-refractivity contribution in [3.8, 4) is 0 Å². The van der Waals surface area contributed by atoms with Crippen LogP contribution in [0.1, 0.15) is 53.9 Å². The Labute approximate surface area is 175 Å². The van der Waals surface area contributed by atoms with Crippen LogP contribution in [-0.2, 0) is 0 Å². The molecule has 3 heterocycles. The summed E-state index contributed by atoms with van der Waals surface area (Å²) in [6, 6.07) is 9.27. The van der Waals surface area contributed by atoms with E-state index in [9.17, 15) is 0 Å². The monoisotopic (exact) mass is 412 g/mol. The van der Waals surface area contributed by atoms with E-state index < -0.39 is 0 Å². The van der Waals surface area contributed by atoms with Crippen LogP contribution in [0.3, 0.4) is 0 Å². The lowest BCUT2D eigenvalue weighted by Crippen LogP contribution is -2.44. The molecule has 1 aromatic carbocycles. The van der Waals surface area contributed by atoms with E-state index in [2.05, 4.69) is 51.8 Å². The number of hydrogen-bond donors (Lipinski definition) is 1. The second-order valence-corrected chi connectivity index (χ2v) is 9.29. The number of benzene rings is 1. The van der Waals surface area contributed by atoms with Crippen molar-refractivity contribution < 1.29 is 0 Å². The van der Waals surface area contributed by atoms with Gasteiger partial charge in [-0.05, 0) is 54.8 Å². The lowest BCUT2D eigenvalue weighted by molar-refractivity contribution is 0.185. The number of fused-ring (bicyclic) bond motifs is 1. The molecule has 1 saturated carbocycles. The number of aromatic nitrogens is 2. The van der Waals surface area contributed by atoms with Crippen molar-refractivity contribution in [2.75, 3.05) is 26.2 Å². The number of piperazine rings is 1. The summed E-state index contributed by atoms with van der Waals surface area (Å²) in [5.41, 5.74) is 3.77. The second kappa shape index (κ2) is 7.38. The Morgan fingerprint density at radius 2 is 2.00 bits per heavy atom. The maximum Gasteiger partial charge on any atom is 0.127 e. The van der Waals surface area contributed by atoms with Crippen molar-refractivity contribution in [3.05, 3.63) is 57.3 Å². The van der Waals surface area contributed by atoms with Crippen LogP contribution < -0.4 is 5.32 Å². The van der Waals surface area contributed by atoms with E-state index in [1.165, 1.54) is 22.2 Å². The average molecular weight is 413 g/mol. The van der Waals surface area contributed by atoms with E-state index in [0.717, 1.165) is 48.3 Å². The van der Waals surface area contributed by atoms with Crippen LogP contribution >= 0.6 is 22.9 Å². The summed E-state index contributed by atoms with van der Waals surface area (Å²) in [5.74, 6) is 1.78. The van der Waals surface area contributed by atoms with Gasteiger partial charge in [-0.15, -0.1) is 11.3 Å². The van der Waals surface area contributed by atoms with Crippen molar-refractivity contribution in [1.29, 1.82) is 0 Å². The summed E-state index contributed by atoms with van der Waals surface area (Å²) >= 11 is 8.46. The third-order valence-electron chi connectivity index (χ3n) is 6.21. The number of hydrogen-bond acceptors (Lipinski definition) is 5. The number of nitrogens with zero attached hydrogens (tertiary/aromatic N) is 3. The van der Waals surface area contributed by atoms with Gasteiger partial charge in [-0.1, -0.05) is 23.7 Å². The highest BCUT2D eigenvalue weighted by atomic mass is 35.5. The summed E-state index contributed by atoms with van der Waals surface area (Å²) in [7, 11) is 0. The van der Waals surface area contributed by atoms with Gasteiger partial charge in [0.25, 0.3) is 0 Å². The quantitative estimate of drug-likeness (QED) is 0.662. The van der Waals surface area contributed by atoms with Gasteiger partial charge >= 0.3 is 0 Å². The van der Waals surface area contributed by atoms with Gasteiger partial charge in [-0.2, -0.15) is 0 Å². The summed E-state index contributed by atoms with van der Waals surface area (Å²) in [6.45, 7) is 8.58. The average Bonchev–Trinajstić information content (AvgIpc) is 3.35. The predicted molar refractivity (Wildman–Crippen MR) is 117 cm³/mol. The van der Waals surface area contributed by atoms with Crippen molar-refractivity contribution >= 4 is 33.2 Å². The van der Waals surface area contributed by atoms with E-state index >= 15 is 0 Å². The molecule has 0 amide bonds. The molecule has 3 atom stereocenters. The molecular formula is C22H25ClN4S. The first-order chi connectivity index (χ1) is 13.6. The third-order valence-corrected chi connectivity index (χ3v) is 7.35. The predicted octanol–water partition coefficient (Wildman–Crippen LogP) is 4.89. The fourth-order valence-corrected chi connectivity index (χ4v) is 5.64. The van der Waals surface area contributed by atoms with Gasteiger partial charge in [0.1, 0.15) is 10.7 Å². The van der Waals surface area contributed by atoms with E-state index in [-0.39, 0.29) is 0 Å². The van der Waals surface area contributed by atoms with Crippen molar-refractivity contribution in [2.24, 2.45) is 0 Å². The Bertz CT molecular complexity index is 1010. The molecule has 3 unspecified atom stereocenters. The maximum atomic E-state index is 6.77. The van der Waals surface area contributed by atoms with Crippen LogP contribution in [0.4, 0.5) is 0 Å². The lowest BCUT2D eigenvalue weighted by atomic mass is 10.0. The van der Waals surface area contributed by atoms with Gasteiger partial charge in [0.15, 0.2) is 0 Å². The standard InChI is InChI=1S/C22H25ClN4S/c1-13(27-8-6-24-7-9-27)15-3-4-16(20(23)11-15)18-12-19(18)21-17-5-10-28-22(17)26-14(2)25-21/h3-5,10-11,13,18-19,24H,6-9,12H2,1-2H3. The zero-order valence-electron chi connectivity index (χ0n) is 16.3. The molecule has 6 heteroatoms. The molecule has 2 aromatic heterocycles. The largest absolute Gasteiger partial charge is 0.314 e. The zero-order valence-corrected chi connectivity index (χ0v) is 17.9. The lowest BCUT2D eigenvalue weighted by Gasteiger charge is -2.33. The molecule has 0 spiro atoms. The van der Waals surface area contributed by atoms with Gasteiger partial charge < -0.3 is 5.32 Å². The molecule has 5 rings (SSSR count). The molecule has 2 fully saturated rings. The molecule has 3 aromatic rings. The summed E-state index contributed by atoms with van der Waals surface area (Å²) in [5, 5.41) is 7.65. The second-order valence-electron chi connectivity index (χ2n) is 7.99. The Morgan fingerprint density at radius 1 is 1.18 bits per heavy atom. The first-order valence-corrected chi connectivity index (χ1v) is 11.3. The summed E-state index contributed by atoms with van der Waals surface area (Å²) < 4.78 is 0. The molecule has 0 radical (unpaired) electrons. The summed E-state index contributed by atoms with van der Waals surface area (Å²) in [6.07, 6.45) is 1.12. The van der Waals surface area contributed by atoms with Crippen molar-refractivity contribution in [1.82, 2.24) is 20.2 Å². The maximum absolute atomic E-state index is 6.77. The van der Waals surface area contributed by atoms with Gasteiger partial charge in [-0.25, -0.2) is 9.97 Å². The zero-order chi connectivity index (χ0) is 19.3. The molecule has 2 aliphatic rings. The molecule has 146 valence electrons. The van der Waals surface area contributed by atoms with E-state index in [0.29, 0.717) is 17.9 Å². The number of halogens is 1. The smallest absolute Gasteiger partial charge is 0.127 e. The SMILES string of the molecule is Cc1nc(C2CC2c2ccc(C(C)N3CCNCC3)cc2Cl)c2ccsc2n1. The highest BCUT2D eigenvalue weighted by Crippen LogP contribution is 2.57. The first-order valence-electron chi connectivity index (χ1n) is 10.1. The fraction of sp³-hybridized carbons (Fsp3) is 0.455. The van der Waals surface area contributed by atoms with E-state index in [4.69, 9.17) is 16.6 Å². The van der Waals surface area contributed by atoms with Gasteiger partial charge in [0.05, 0.1) is 5.69 Å². The number of aryl methyl sites for hydroxylation is 1. The normalized spacial score (nSPS) is 23.8. The van der Waals surface area contributed by atoms with Gasteiger partial charge in [0.2, 0.25) is 0 Å². The van der Waals surface area contributed by atoms with Crippen LogP contribution in [0.15, 0.2) is 29.6 Å². The first kappa shape index (κ1) is 18.5. The molecule has 1 N–H and O–H groups in total. The molecular weight excluding hydrogens is 388 g/mol. The Balaban J connectivity index is 1.38. The molecule has 28 heavy (non-hydrogen) atoms. The number of nitrogens with one attached hydrogen (secondary N) is 1. The molecule has 0 bridgehead atoms. The van der Waals surface area contributed by atoms with E-state index in [1.54, 1.807) is 11.3 Å². The number of rotatable bonds is 4. The molecule has 1 saturated heterocycles. The molecule has 1 aliphatic heterocycles. The van der Waals surface area contributed by atoms with Crippen LogP contribution in [-0.4, -0.2) is 41.0 Å². The molecule has 1 aliphatic carbocycles. The van der Waals surface area contributed by atoms with E-state index in [1.807, 2.05) is 6.92 Å². The van der Waals surface area contributed by atoms with Crippen LogP contribution in [0.25, 0.3) is 10.2 Å². The van der Waals surface area contributed by atoms with Crippen LogP contribution in [0.2, 0.25) is 5.02 Å². The highest BCUT2D eigenvalue weighted by molar-refractivity contribution is 7.16. The minimum absolute atomic E-state index is 0.401. The number of thiophene rings is 1. The van der Waals surface area contributed by atoms with Crippen LogP contribution in [0, 0.1) is 6.92 Å². The minimum Gasteiger partial charge on any atom is -0.314 e. The molecule has 4 nitrogen and oxygen atoms in total. The Hall–Kier alpha value is -1.53. The Morgan fingerprint density at radius 3 is 2.79 bits per heavy atom. The highest BCUT2D eigenvalue weighted by Gasteiger charge is 2.43.